The van der Waals surface area contributed by atoms with Gasteiger partial charge in [0.05, 0.1) is 0 Å². The van der Waals surface area contributed by atoms with Gasteiger partial charge < -0.3 is 11.1 Å². The second-order valence-corrected chi connectivity index (χ2v) is 7.72. The van der Waals surface area contributed by atoms with Crippen molar-refractivity contribution in [1.29, 1.82) is 0 Å². The Hall–Kier alpha value is -1.85. The molecule has 1 fully saturated rings. The van der Waals surface area contributed by atoms with Crippen molar-refractivity contribution in [3.63, 3.8) is 0 Å². The van der Waals surface area contributed by atoms with Crippen LogP contribution in [0.3, 0.4) is 0 Å². The molecule has 0 amide bonds. The molecule has 0 bridgehead atoms. The largest absolute Gasteiger partial charge is 0.370 e. The first kappa shape index (κ1) is 18.0. The average Bonchev–Trinajstić information content (AvgIpc) is 3.15. The van der Waals surface area contributed by atoms with Gasteiger partial charge in [-0.05, 0) is 67.9 Å². The fourth-order valence-electron chi connectivity index (χ4n) is 3.59. The summed E-state index contributed by atoms with van der Waals surface area (Å²) in [6.45, 7) is 4.07. The third-order valence-corrected chi connectivity index (χ3v) is 5.92. The maximum atomic E-state index is 6.12. The van der Waals surface area contributed by atoms with E-state index in [1.165, 1.54) is 23.3 Å². The number of thiophene rings is 1. The molecule has 1 aliphatic rings. The first-order valence-electron chi connectivity index (χ1n) is 9.07. The van der Waals surface area contributed by atoms with E-state index in [1.54, 1.807) is 0 Å². The van der Waals surface area contributed by atoms with Crippen LogP contribution in [0.15, 0.2) is 46.8 Å². The number of nitrogens with two attached hydrogens (primary N) is 1. The summed E-state index contributed by atoms with van der Waals surface area (Å²) in [4.78, 5) is 8.54. The minimum Gasteiger partial charge on any atom is -0.370 e. The molecule has 25 heavy (non-hydrogen) atoms. The highest BCUT2D eigenvalue weighted by atomic mass is 32.1. The summed E-state index contributed by atoms with van der Waals surface area (Å²) >= 11 is 1.84. The number of anilines is 1. The molecule has 1 aromatic heterocycles. The van der Waals surface area contributed by atoms with Gasteiger partial charge in [-0.25, -0.2) is 0 Å². The van der Waals surface area contributed by atoms with Gasteiger partial charge in [0.1, 0.15) is 0 Å². The van der Waals surface area contributed by atoms with E-state index < -0.39 is 0 Å². The smallest absolute Gasteiger partial charge is 0.193 e. The van der Waals surface area contributed by atoms with Gasteiger partial charge in [0.25, 0.3) is 0 Å². The number of aryl methyl sites for hydroxylation is 1. The van der Waals surface area contributed by atoms with E-state index in [-0.39, 0.29) is 0 Å². The zero-order valence-electron chi connectivity index (χ0n) is 15.1. The Morgan fingerprint density at radius 3 is 2.80 bits per heavy atom. The van der Waals surface area contributed by atoms with Gasteiger partial charge in [-0.3, -0.25) is 9.89 Å². The summed E-state index contributed by atoms with van der Waals surface area (Å²) in [5.74, 6) is 1.02. The summed E-state index contributed by atoms with van der Waals surface area (Å²) in [7, 11) is 2.22. The van der Waals surface area contributed by atoms with Crippen molar-refractivity contribution >= 4 is 23.0 Å². The molecule has 134 valence electrons. The zero-order chi connectivity index (χ0) is 17.6. The fraction of sp³-hybridized carbons (Fsp3) is 0.450. The van der Waals surface area contributed by atoms with Gasteiger partial charge >= 0.3 is 0 Å². The number of rotatable bonds is 5. The maximum Gasteiger partial charge on any atom is 0.193 e. The van der Waals surface area contributed by atoms with Gasteiger partial charge in [-0.1, -0.05) is 25.1 Å². The van der Waals surface area contributed by atoms with Crippen LogP contribution in [-0.2, 0) is 6.42 Å². The molecule has 1 aromatic carbocycles. The summed E-state index contributed by atoms with van der Waals surface area (Å²) in [6, 6.07) is 13.2. The lowest BCUT2D eigenvalue weighted by Crippen LogP contribution is -2.37. The van der Waals surface area contributed by atoms with E-state index in [1.807, 2.05) is 11.3 Å². The molecule has 2 aromatic rings. The molecule has 2 atom stereocenters. The molecule has 0 radical (unpaired) electrons. The molecular formula is C20H28N4S. The van der Waals surface area contributed by atoms with Crippen molar-refractivity contribution in [2.24, 2.45) is 16.6 Å². The van der Waals surface area contributed by atoms with E-state index in [9.17, 15) is 0 Å². The molecule has 3 rings (SSSR count). The molecule has 5 heteroatoms. The summed E-state index contributed by atoms with van der Waals surface area (Å²) in [6.07, 6.45) is 3.47. The van der Waals surface area contributed by atoms with E-state index >= 15 is 0 Å². The van der Waals surface area contributed by atoms with Crippen molar-refractivity contribution in [2.75, 3.05) is 25.5 Å². The lowest BCUT2D eigenvalue weighted by Gasteiger charge is -2.38. The fourth-order valence-corrected chi connectivity index (χ4v) is 4.57. The van der Waals surface area contributed by atoms with E-state index in [2.05, 4.69) is 71.0 Å². The number of nitrogens with one attached hydrogen (secondary N) is 1. The molecule has 2 unspecified atom stereocenters. The summed E-state index contributed by atoms with van der Waals surface area (Å²) in [5.41, 5.74) is 8.44. The highest BCUT2D eigenvalue weighted by Crippen LogP contribution is 2.37. The molecule has 3 N–H and O–H groups in total. The van der Waals surface area contributed by atoms with E-state index in [4.69, 9.17) is 5.73 Å². The summed E-state index contributed by atoms with van der Waals surface area (Å²) < 4.78 is 0. The topological polar surface area (TPSA) is 53.6 Å². The molecular weight excluding hydrogens is 328 g/mol. The lowest BCUT2D eigenvalue weighted by molar-refractivity contribution is 0.128. The number of guanidine groups is 1. The van der Waals surface area contributed by atoms with Crippen LogP contribution in [0.4, 0.5) is 5.69 Å². The average molecular weight is 357 g/mol. The molecule has 4 nitrogen and oxygen atoms in total. The highest BCUT2D eigenvalue weighted by Gasteiger charge is 2.30. The summed E-state index contributed by atoms with van der Waals surface area (Å²) in [5, 5.41) is 5.37. The third kappa shape index (κ3) is 4.61. The van der Waals surface area contributed by atoms with Gasteiger partial charge in [-0.15, -0.1) is 11.3 Å². The Balaban J connectivity index is 1.64. The number of nitrogens with zero attached hydrogens (tertiary/aromatic N) is 2. The van der Waals surface area contributed by atoms with Crippen molar-refractivity contribution in [1.82, 2.24) is 4.90 Å². The Kier molecular flexibility index (Phi) is 6.10. The van der Waals surface area contributed by atoms with Crippen LogP contribution in [0.25, 0.3) is 0 Å². The highest BCUT2D eigenvalue weighted by molar-refractivity contribution is 7.10. The Morgan fingerprint density at radius 2 is 2.12 bits per heavy atom. The van der Waals surface area contributed by atoms with Crippen molar-refractivity contribution in [3.05, 3.63) is 52.2 Å². The lowest BCUT2D eigenvalue weighted by atomic mass is 9.88. The van der Waals surface area contributed by atoms with Gasteiger partial charge in [-0.2, -0.15) is 0 Å². The second-order valence-electron chi connectivity index (χ2n) is 6.74. The number of aliphatic imine (C=N–C) groups is 1. The predicted octanol–water partition coefficient (Wildman–Crippen LogP) is 4.12. The molecule has 1 saturated heterocycles. The normalized spacial score (nSPS) is 22.1. The second kappa shape index (κ2) is 8.50. The quantitative estimate of drug-likeness (QED) is 0.626. The number of hydrogen-bond acceptors (Lipinski definition) is 3. The van der Waals surface area contributed by atoms with Gasteiger partial charge in [0, 0.05) is 23.2 Å². The van der Waals surface area contributed by atoms with Crippen molar-refractivity contribution in [2.45, 2.75) is 32.2 Å². The standard InChI is InChI=1S/C20H28N4S/c1-3-15-8-10-17(11-9-15)23-20(21)22-14-16-6-4-12-24(2)19(16)18-7-5-13-25-18/h5,7-11,13,16,19H,3-4,6,12,14H2,1-2H3,(H3,21,22,23). The van der Waals surface area contributed by atoms with E-state index in [0.29, 0.717) is 17.9 Å². The van der Waals surface area contributed by atoms with Crippen LogP contribution in [0.5, 0.6) is 0 Å². The molecule has 0 saturated carbocycles. The van der Waals surface area contributed by atoms with Crippen LogP contribution < -0.4 is 11.1 Å². The Morgan fingerprint density at radius 1 is 1.32 bits per heavy atom. The number of piperidine rings is 1. The Labute approximate surface area is 154 Å². The maximum absolute atomic E-state index is 6.12. The SMILES string of the molecule is CCc1ccc(NC(N)=NCC2CCCN(C)C2c2cccs2)cc1. The van der Waals surface area contributed by atoms with Crippen LogP contribution >= 0.6 is 11.3 Å². The van der Waals surface area contributed by atoms with Crippen molar-refractivity contribution in [3.8, 4) is 0 Å². The number of likely N-dealkylation sites (tertiary alicyclic amines) is 1. The van der Waals surface area contributed by atoms with E-state index in [0.717, 1.165) is 25.2 Å². The molecule has 2 heterocycles. The molecule has 0 aliphatic carbocycles. The minimum absolute atomic E-state index is 0.453. The molecule has 1 aliphatic heterocycles. The monoisotopic (exact) mass is 356 g/mol. The minimum atomic E-state index is 0.453. The first-order chi connectivity index (χ1) is 12.2. The van der Waals surface area contributed by atoms with Gasteiger partial charge in [0.15, 0.2) is 5.96 Å². The van der Waals surface area contributed by atoms with Crippen molar-refractivity contribution < 1.29 is 0 Å². The van der Waals surface area contributed by atoms with Crippen LogP contribution in [0.2, 0.25) is 0 Å². The molecule has 0 spiro atoms. The Bertz CT molecular complexity index is 678. The van der Waals surface area contributed by atoms with Crippen LogP contribution in [0.1, 0.15) is 36.2 Å². The third-order valence-electron chi connectivity index (χ3n) is 4.97. The van der Waals surface area contributed by atoms with Crippen LogP contribution in [-0.4, -0.2) is 31.0 Å². The van der Waals surface area contributed by atoms with Gasteiger partial charge in [0.2, 0.25) is 0 Å². The van der Waals surface area contributed by atoms with Crippen LogP contribution in [0, 0.1) is 5.92 Å². The first-order valence-corrected chi connectivity index (χ1v) is 9.95. The zero-order valence-corrected chi connectivity index (χ0v) is 15.9. The number of benzene rings is 1. The number of hydrogen-bond donors (Lipinski definition) is 2. The predicted molar refractivity (Wildman–Crippen MR) is 108 cm³/mol.